The van der Waals surface area contributed by atoms with Crippen molar-refractivity contribution in [3.63, 3.8) is 0 Å². The van der Waals surface area contributed by atoms with Gasteiger partial charge in [0.1, 0.15) is 22.4 Å². The summed E-state index contributed by atoms with van der Waals surface area (Å²) in [5.41, 5.74) is 2.52. The van der Waals surface area contributed by atoms with Crippen LogP contribution in [0.15, 0.2) is 82.2 Å². The van der Waals surface area contributed by atoms with Crippen LogP contribution in [0, 0.1) is 11.3 Å². The third-order valence-corrected chi connectivity index (χ3v) is 5.09. The number of nitriles is 1. The largest absolute Gasteiger partial charge is 0.454 e. The topological polar surface area (TPSA) is 66.9 Å². The number of hydrogen-bond acceptors (Lipinski definition) is 5. The van der Waals surface area contributed by atoms with E-state index in [0.717, 1.165) is 11.0 Å². The van der Waals surface area contributed by atoms with Crippen molar-refractivity contribution >= 4 is 28.5 Å². The van der Waals surface area contributed by atoms with Crippen molar-refractivity contribution in [2.45, 2.75) is 5.03 Å². The second kappa shape index (κ2) is 7.48. The molecule has 0 spiro atoms. The Hall–Kier alpha value is -3.36. The molecule has 0 bridgehead atoms. The molecule has 2 aromatic heterocycles. The summed E-state index contributed by atoms with van der Waals surface area (Å²) in [6, 6.07) is 24.4. The average Bonchev–Trinajstić information content (AvgIpc) is 3.16. The highest BCUT2D eigenvalue weighted by atomic mass is 32.2. The van der Waals surface area contributed by atoms with E-state index in [0.29, 0.717) is 27.6 Å². The number of ketones is 1. The third-order valence-electron chi connectivity index (χ3n) is 4.09. The Bertz CT molecular complexity index is 1130. The zero-order chi connectivity index (χ0) is 18.6. The summed E-state index contributed by atoms with van der Waals surface area (Å²) < 4.78 is 5.86. The van der Waals surface area contributed by atoms with Crippen LogP contribution in [0.2, 0.25) is 0 Å². The Kier molecular flexibility index (Phi) is 4.73. The van der Waals surface area contributed by atoms with E-state index >= 15 is 0 Å². The average molecular weight is 370 g/mol. The molecular formula is C22H14N2O2S. The number of nitrogens with zero attached hydrogens (tertiary/aromatic N) is 2. The zero-order valence-corrected chi connectivity index (χ0v) is 15.1. The molecule has 0 amide bonds. The van der Waals surface area contributed by atoms with Crippen LogP contribution in [0.1, 0.15) is 15.9 Å². The predicted molar refractivity (Wildman–Crippen MR) is 106 cm³/mol. The van der Waals surface area contributed by atoms with E-state index in [4.69, 9.17) is 4.42 Å². The number of furan rings is 1. The standard InChI is InChI=1S/C22H14N2O2S/c23-13-17-10-11-18(21-12-16-8-4-5-9-20(16)26-21)24-22(17)27-14-19(25)15-6-2-1-3-7-15/h1-12H,14H2. The quantitative estimate of drug-likeness (QED) is 0.350. The Morgan fingerprint density at radius 3 is 2.59 bits per heavy atom. The third kappa shape index (κ3) is 3.62. The highest BCUT2D eigenvalue weighted by Gasteiger charge is 2.13. The molecule has 4 nitrogen and oxygen atoms in total. The van der Waals surface area contributed by atoms with Crippen LogP contribution in [0.5, 0.6) is 0 Å². The molecule has 130 valence electrons. The number of carbonyl (C=O) groups excluding carboxylic acids is 1. The molecule has 0 saturated heterocycles. The second-order valence-corrected chi connectivity index (χ2v) is 6.85. The van der Waals surface area contributed by atoms with Gasteiger partial charge in [0.25, 0.3) is 0 Å². The number of para-hydroxylation sites is 1. The van der Waals surface area contributed by atoms with Crippen molar-refractivity contribution in [1.82, 2.24) is 4.98 Å². The lowest BCUT2D eigenvalue weighted by molar-refractivity contribution is 0.102. The van der Waals surface area contributed by atoms with E-state index < -0.39 is 0 Å². The van der Waals surface area contributed by atoms with E-state index in [1.165, 1.54) is 11.8 Å². The maximum absolute atomic E-state index is 12.3. The summed E-state index contributed by atoms with van der Waals surface area (Å²) in [4.78, 5) is 16.9. The number of rotatable bonds is 5. The van der Waals surface area contributed by atoms with Gasteiger partial charge in [-0.15, -0.1) is 0 Å². The van der Waals surface area contributed by atoms with Gasteiger partial charge in [0.15, 0.2) is 11.5 Å². The monoisotopic (exact) mass is 370 g/mol. The summed E-state index contributed by atoms with van der Waals surface area (Å²) in [7, 11) is 0. The van der Waals surface area contributed by atoms with Crippen molar-refractivity contribution in [2.24, 2.45) is 0 Å². The van der Waals surface area contributed by atoms with Crippen LogP contribution < -0.4 is 0 Å². The molecule has 0 saturated carbocycles. The molecule has 2 aromatic carbocycles. The van der Waals surface area contributed by atoms with Crippen LogP contribution >= 0.6 is 11.8 Å². The smallest absolute Gasteiger partial charge is 0.173 e. The van der Waals surface area contributed by atoms with Gasteiger partial charge in [0, 0.05) is 10.9 Å². The van der Waals surface area contributed by atoms with Gasteiger partial charge in [-0.25, -0.2) is 4.98 Å². The van der Waals surface area contributed by atoms with E-state index in [1.807, 2.05) is 48.5 Å². The fourth-order valence-corrected chi connectivity index (χ4v) is 3.59. The van der Waals surface area contributed by atoms with E-state index in [2.05, 4.69) is 11.1 Å². The number of aromatic nitrogens is 1. The van der Waals surface area contributed by atoms with Crippen LogP contribution in [0.3, 0.4) is 0 Å². The molecule has 0 unspecified atom stereocenters. The Labute approximate surface area is 160 Å². The van der Waals surface area contributed by atoms with Crippen LogP contribution in [-0.4, -0.2) is 16.5 Å². The molecule has 0 radical (unpaired) electrons. The Morgan fingerprint density at radius 1 is 1.04 bits per heavy atom. The van der Waals surface area contributed by atoms with Gasteiger partial charge in [-0.1, -0.05) is 60.3 Å². The summed E-state index contributed by atoms with van der Waals surface area (Å²) in [5.74, 6) is 0.854. The zero-order valence-electron chi connectivity index (χ0n) is 14.3. The normalized spacial score (nSPS) is 10.6. The maximum Gasteiger partial charge on any atom is 0.173 e. The number of Topliss-reactive ketones (excluding diaryl/α,β-unsaturated/α-hetero) is 1. The number of pyridine rings is 1. The highest BCUT2D eigenvalue weighted by molar-refractivity contribution is 8.00. The molecule has 4 rings (SSSR count). The molecule has 5 heteroatoms. The number of benzene rings is 2. The van der Waals surface area contributed by atoms with E-state index in [1.54, 1.807) is 24.3 Å². The maximum atomic E-state index is 12.3. The number of hydrogen-bond donors (Lipinski definition) is 0. The Morgan fingerprint density at radius 2 is 1.81 bits per heavy atom. The Balaban J connectivity index is 1.61. The first kappa shape index (κ1) is 17.1. The SMILES string of the molecule is N#Cc1ccc(-c2cc3ccccc3o2)nc1SCC(=O)c1ccccc1. The minimum Gasteiger partial charge on any atom is -0.454 e. The summed E-state index contributed by atoms with van der Waals surface area (Å²) in [6.07, 6.45) is 0. The lowest BCUT2D eigenvalue weighted by Crippen LogP contribution is -2.03. The van der Waals surface area contributed by atoms with Gasteiger partial charge in [-0.3, -0.25) is 4.79 Å². The minimum absolute atomic E-state index is 0.000398. The summed E-state index contributed by atoms with van der Waals surface area (Å²) >= 11 is 1.27. The lowest BCUT2D eigenvalue weighted by atomic mass is 10.2. The van der Waals surface area contributed by atoms with E-state index in [9.17, 15) is 10.1 Å². The molecule has 0 aliphatic carbocycles. The predicted octanol–water partition coefficient (Wildman–Crippen LogP) is 5.34. The van der Waals surface area contributed by atoms with Gasteiger partial charge >= 0.3 is 0 Å². The molecular weight excluding hydrogens is 356 g/mol. The number of thioether (sulfide) groups is 1. The molecule has 0 atom stereocenters. The first-order valence-electron chi connectivity index (χ1n) is 8.36. The first-order chi connectivity index (χ1) is 13.2. The van der Waals surface area contributed by atoms with Crippen molar-refractivity contribution in [1.29, 1.82) is 5.26 Å². The van der Waals surface area contributed by atoms with Crippen LogP contribution in [0.4, 0.5) is 0 Å². The lowest BCUT2D eigenvalue weighted by Gasteiger charge is -2.05. The number of carbonyl (C=O) groups is 1. The van der Waals surface area contributed by atoms with Crippen molar-refractivity contribution in [3.05, 3.63) is 83.9 Å². The van der Waals surface area contributed by atoms with Crippen molar-refractivity contribution < 1.29 is 9.21 Å². The minimum atomic E-state index is 0.000398. The summed E-state index contributed by atoms with van der Waals surface area (Å²) in [6.45, 7) is 0. The fourth-order valence-electron chi connectivity index (χ4n) is 2.72. The molecule has 27 heavy (non-hydrogen) atoms. The second-order valence-electron chi connectivity index (χ2n) is 5.89. The highest BCUT2D eigenvalue weighted by Crippen LogP contribution is 2.29. The van der Waals surface area contributed by atoms with Crippen molar-refractivity contribution in [3.8, 4) is 17.5 Å². The molecule has 0 aliphatic heterocycles. The number of fused-ring (bicyclic) bond motifs is 1. The molecule has 0 N–H and O–H groups in total. The van der Waals surface area contributed by atoms with Gasteiger partial charge in [-0.05, 0) is 24.3 Å². The molecule has 4 aromatic rings. The van der Waals surface area contributed by atoms with E-state index in [-0.39, 0.29) is 11.5 Å². The van der Waals surface area contributed by atoms with Gasteiger partial charge < -0.3 is 4.42 Å². The molecule has 0 fully saturated rings. The van der Waals surface area contributed by atoms with Crippen molar-refractivity contribution in [2.75, 3.05) is 5.75 Å². The van der Waals surface area contributed by atoms with Gasteiger partial charge in [-0.2, -0.15) is 5.26 Å². The van der Waals surface area contributed by atoms with Crippen LogP contribution in [0.25, 0.3) is 22.4 Å². The van der Waals surface area contributed by atoms with Gasteiger partial charge in [0.2, 0.25) is 0 Å². The van der Waals surface area contributed by atoms with Gasteiger partial charge in [0.05, 0.1) is 11.3 Å². The fraction of sp³-hybridized carbons (Fsp3) is 0.0455. The summed E-state index contributed by atoms with van der Waals surface area (Å²) in [5, 5.41) is 10.9. The first-order valence-corrected chi connectivity index (χ1v) is 9.34. The molecule has 0 aliphatic rings. The molecule has 2 heterocycles. The van der Waals surface area contributed by atoms with Crippen LogP contribution in [-0.2, 0) is 0 Å².